The lowest BCUT2D eigenvalue weighted by Gasteiger charge is -2.27. The van der Waals surface area contributed by atoms with E-state index in [0.29, 0.717) is 41.2 Å². The molecular formula is C27H36N4O5S. The quantitative estimate of drug-likeness (QED) is 0.410. The molecule has 3 aromatic rings. The van der Waals surface area contributed by atoms with Gasteiger partial charge in [0.05, 0.1) is 31.5 Å². The van der Waals surface area contributed by atoms with E-state index in [-0.39, 0.29) is 16.9 Å². The van der Waals surface area contributed by atoms with Crippen molar-refractivity contribution in [3.05, 3.63) is 57.6 Å². The lowest BCUT2D eigenvalue weighted by Crippen LogP contribution is -2.33. The van der Waals surface area contributed by atoms with Crippen molar-refractivity contribution in [2.24, 2.45) is 5.92 Å². The van der Waals surface area contributed by atoms with Gasteiger partial charge in [-0.3, -0.25) is 9.78 Å². The molecule has 1 aliphatic heterocycles. The maximum absolute atomic E-state index is 13.1. The average Bonchev–Trinajstić information content (AvgIpc) is 3.35. The fraction of sp³-hybridized carbons (Fsp3) is 0.481. The van der Waals surface area contributed by atoms with E-state index in [1.807, 2.05) is 18.2 Å². The van der Waals surface area contributed by atoms with E-state index < -0.39 is 16.1 Å². The second kappa shape index (κ2) is 10.5. The average molecular weight is 529 g/mol. The molecule has 2 aromatic heterocycles. The number of benzene rings is 1. The zero-order valence-corrected chi connectivity index (χ0v) is 23.1. The summed E-state index contributed by atoms with van der Waals surface area (Å²) >= 11 is 0. The van der Waals surface area contributed by atoms with E-state index in [0.717, 1.165) is 29.5 Å². The van der Waals surface area contributed by atoms with Crippen LogP contribution in [0.1, 0.15) is 50.1 Å². The Balaban J connectivity index is 1.99. The summed E-state index contributed by atoms with van der Waals surface area (Å²) in [5.41, 5.74) is 3.61. The molecule has 1 saturated heterocycles. The molecule has 1 aliphatic rings. The molecule has 0 saturated carbocycles. The van der Waals surface area contributed by atoms with E-state index in [1.54, 1.807) is 26.5 Å². The highest BCUT2D eigenvalue weighted by Crippen LogP contribution is 2.42. The van der Waals surface area contributed by atoms with Gasteiger partial charge in [0.2, 0.25) is 10.0 Å². The van der Waals surface area contributed by atoms with Crippen LogP contribution in [-0.4, -0.2) is 52.0 Å². The van der Waals surface area contributed by atoms with E-state index in [4.69, 9.17) is 14.5 Å². The van der Waals surface area contributed by atoms with Gasteiger partial charge in [-0.05, 0) is 60.7 Å². The number of fused-ring (bicyclic) bond motifs is 1. The van der Waals surface area contributed by atoms with Crippen molar-refractivity contribution in [1.82, 2.24) is 20.0 Å². The van der Waals surface area contributed by atoms with Crippen LogP contribution in [-0.2, 0) is 26.8 Å². The van der Waals surface area contributed by atoms with Crippen molar-refractivity contribution in [3.63, 3.8) is 0 Å². The Morgan fingerprint density at radius 3 is 2.51 bits per heavy atom. The third-order valence-corrected chi connectivity index (χ3v) is 7.47. The molecule has 0 radical (unpaired) electrons. The van der Waals surface area contributed by atoms with Crippen LogP contribution >= 0.6 is 0 Å². The Morgan fingerprint density at radius 2 is 1.95 bits per heavy atom. The van der Waals surface area contributed by atoms with E-state index >= 15 is 0 Å². The molecule has 2 atom stereocenters. The fourth-order valence-corrected chi connectivity index (χ4v) is 5.83. The van der Waals surface area contributed by atoms with Gasteiger partial charge in [-0.1, -0.05) is 20.8 Å². The lowest BCUT2D eigenvalue weighted by atomic mass is 9.82. The number of methoxy groups -OCH3 is 2. The van der Waals surface area contributed by atoms with Gasteiger partial charge in [-0.2, -0.15) is 0 Å². The molecule has 0 bridgehead atoms. The van der Waals surface area contributed by atoms with Crippen LogP contribution in [0.2, 0.25) is 0 Å². The summed E-state index contributed by atoms with van der Waals surface area (Å²) in [5.74, 6) is 0.747. The number of ether oxygens (including phenoxy) is 2. The van der Waals surface area contributed by atoms with Crippen molar-refractivity contribution in [1.29, 1.82) is 0 Å². The summed E-state index contributed by atoms with van der Waals surface area (Å²) in [6.45, 7) is 8.10. The van der Waals surface area contributed by atoms with Crippen molar-refractivity contribution < 1.29 is 17.9 Å². The topological polar surface area (TPSA) is 122 Å². The van der Waals surface area contributed by atoms with Gasteiger partial charge in [0.15, 0.2) is 0 Å². The summed E-state index contributed by atoms with van der Waals surface area (Å²) in [4.78, 5) is 20.8. The highest BCUT2D eigenvalue weighted by Gasteiger charge is 2.31. The molecule has 37 heavy (non-hydrogen) atoms. The number of aromatic nitrogens is 2. The lowest BCUT2D eigenvalue weighted by molar-refractivity contribution is 0.181. The minimum Gasteiger partial charge on any atom is -0.496 e. The first-order chi connectivity index (χ1) is 17.4. The monoisotopic (exact) mass is 528 g/mol. The Labute approximate surface area is 218 Å². The minimum atomic E-state index is -3.47. The Bertz CT molecular complexity index is 1450. The second-order valence-electron chi connectivity index (χ2n) is 10.7. The first-order valence-corrected chi connectivity index (χ1v) is 14.2. The Hall–Kier alpha value is -2.79. The number of nitrogens with one attached hydrogen (secondary N) is 3. The number of aromatic amines is 1. The molecule has 1 aromatic carbocycles. The molecular weight excluding hydrogens is 492 g/mol. The molecule has 10 heteroatoms. The predicted molar refractivity (Wildman–Crippen MR) is 145 cm³/mol. The standard InChI is InChI=1S/C27H36N4O5S/c1-27(2,3)22-12-20(19-8-7-18(15-35-4)30-26(19)32)24-21(25(22)36-5)11-17(14-29-24)23(31-37(6,33)34)16-9-10-28-13-16/h7-8,11-12,14,16,23,28,31H,9-10,13,15H2,1-6H3,(H,30,32)/t16-,23?/m0/s1. The van der Waals surface area contributed by atoms with Crippen LogP contribution in [0.3, 0.4) is 0 Å². The van der Waals surface area contributed by atoms with E-state index in [1.165, 1.54) is 6.26 Å². The summed E-state index contributed by atoms with van der Waals surface area (Å²) in [5, 5.41) is 4.05. The van der Waals surface area contributed by atoms with Crippen molar-refractivity contribution in [2.45, 2.75) is 45.3 Å². The minimum absolute atomic E-state index is 0.0846. The highest BCUT2D eigenvalue weighted by atomic mass is 32.2. The molecule has 0 aliphatic carbocycles. The Morgan fingerprint density at radius 1 is 1.19 bits per heavy atom. The molecule has 9 nitrogen and oxygen atoms in total. The number of rotatable bonds is 8. The van der Waals surface area contributed by atoms with Crippen molar-refractivity contribution >= 4 is 20.9 Å². The second-order valence-corrected chi connectivity index (χ2v) is 12.5. The van der Waals surface area contributed by atoms with E-state index in [2.05, 4.69) is 35.8 Å². The molecule has 4 rings (SSSR count). The van der Waals surface area contributed by atoms with Gasteiger partial charge < -0.3 is 19.8 Å². The van der Waals surface area contributed by atoms with Crippen LogP contribution < -0.4 is 20.3 Å². The Kier molecular flexibility index (Phi) is 7.75. The highest BCUT2D eigenvalue weighted by molar-refractivity contribution is 7.88. The predicted octanol–water partition coefficient (Wildman–Crippen LogP) is 3.24. The van der Waals surface area contributed by atoms with Crippen molar-refractivity contribution in [3.8, 4) is 16.9 Å². The molecule has 0 amide bonds. The van der Waals surface area contributed by atoms with Crippen LogP contribution in [0.5, 0.6) is 5.75 Å². The van der Waals surface area contributed by atoms with Gasteiger partial charge in [0, 0.05) is 41.1 Å². The fourth-order valence-electron chi connectivity index (χ4n) is 5.04. The molecule has 3 N–H and O–H groups in total. The maximum atomic E-state index is 13.1. The third kappa shape index (κ3) is 5.87. The molecule has 3 heterocycles. The van der Waals surface area contributed by atoms with Crippen LogP contribution in [0, 0.1) is 5.92 Å². The third-order valence-electron chi connectivity index (χ3n) is 6.78. The zero-order chi connectivity index (χ0) is 27.0. The zero-order valence-electron chi connectivity index (χ0n) is 22.3. The molecule has 1 unspecified atom stereocenters. The summed E-state index contributed by atoms with van der Waals surface area (Å²) < 4.78 is 38.4. The number of hydrogen-bond acceptors (Lipinski definition) is 7. The summed E-state index contributed by atoms with van der Waals surface area (Å²) in [6, 6.07) is 7.11. The van der Waals surface area contributed by atoms with Crippen LogP contribution in [0.4, 0.5) is 0 Å². The SMILES string of the molecule is COCc1ccc(-c2cc(C(C)(C)C)c(OC)c3cc(C(NS(C)(=O)=O)[C@H]4CCNC4)cnc23)c(=O)[nH]1. The number of pyridine rings is 2. The molecule has 0 spiro atoms. The summed E-state index contributed by atoms with van der Waals surface area (Å²) in [6.07, 6.45) is 3.72. The number of hydrogen-bond donors (Lipinski definition) is 3. The van der Waals surface area contributed by atoms with E-state index in [9.17, 15) is 13.2 Å². The van der Waals surface area contributed by atoms with Crippen molar-refractivity contribution in [2.75, 3.05) is 33.6 Å². The van der Waals surface area contributed by atoms with Gasteiger partial charge in [-0.15, -0.1) is 0 Å². The number of H-pyrrole nitrogens is 1. The first-order valence-electron chi connectivity index (χ1n) is 12.3. The summed E-state index contributed by atoms with van der Waals surface area (Å²) in [7, 11) is -0.269. The normalized spacial score (nSPS) is 17.3. The molecule has 1 fully saturated rings. The van der Waals surface area contributed by atoms with Crippen LogP contribution in [0.15, 0.2) is 35.3 Å². The smallest absolute Gasteiger partial charge is 0.256 e. The number of nitrogens with zero attached hydrogens (tertiary/aromatic N) is 1. The van der Waals surface area contributed by atoms with Gasteiger partial charge in [0.1, 0.15) is 5.75 Å². The van der Waals surface area contributed by atoms with Gasteiger partial charge in [0.25, 0.3) is 5.56 Å². The number of sulfonamides is 1. The molecule has 200 valence electrons. The van der Waals surface area contributed by atoms with Gasteiger partial charge in [-0.25, -0.2) is 13.1 Å². The van der Waals surface area contributed by atoms with Gasteiger partial charge >= 0.3 is 0 Å². The largest absolute Gasteiger partial charge is 0.496 e. The maximum Gasteiger partial charge on any atom is 0.256 e. The first kappa shape index (κ1) is 27.3. The van der Waals surface area contributed by atoms with Crippen LogP contribution in [0.25, 0.3) is 22.0 Å².